The zero-order valence-electron chi connectivity index (χ0n) is 13.1. The van der Waals surface area contributed by atoms with Crippen LogP contribution < -0.4 is 5.32 Å². The molecule has 1 fully saturated rings. The maximum atomic E-state index is 6.11. The van der Waals surface area contributed by atoms with Gasteiger partial charge in [0.15, 0.2) is 0 Å². The van der Waals surface area contributed by atoms with E-state index in [-0.39, 0.29) is 0 Å². The maximum Gasteiger partial charge on any atom is 0.0587 e. The first-order chi connectivity index (χ1) is 10.3. The molecule has 1 N–H and O–H groups in total. The summed E-state index contributed by atoms with van der Waals surface area (Å²) in [5.74, 6) is 1.63. The van der Waals surface area contributed by atoms with Crippen LogP contribution in [0, 0.1) is 11.8 Å². The molecule has 1 aromatic rings. The molecule has 0 bridgehead atoms. The van der Waals surface area contributed by atoms with E-state index in [2.05, 4.69) is 23.5 Å². The lowest BCUT2D eigenvalue weighted by atomic mass is 9.88. The van der Waals surface area contributed by atoms with E-state index >= 15 is 0 Å². The Bertz CT molecular complexity index is 404. The summed E-state index contributed by atoms with van der Waals surface area (Å²) in [4.78, 5) is 0. The Labute approximate surface area is 134 Å². The quantitative estimate of drug-likeness (QED) is 0.686. The molecule has 1 aliphatic rings. The van der Waals surface area contributed by atoms with Crippen molar-refractivity contribution < 1.29 is 4.74 Å². The van der Waals surface area contributed by atoms with Crippen molar-refractivity contribution in [3.63, 3.8) is 0 Å². The second kappa shape index (κ2) is 9.45. The SMILES string of the molecule is COCCNCC(Cc1cccc(Cl)c1)CC1CCCC1. The van der Waals surface area contributed by atoms with E-state index in [4.69, 9.17) is 16.3 Å². The summed E-state index contributed by atoms with van der Waals surface area (Å²) < 4.78 is 5.11. The minimum atomic E-state index is 0.698. The number of hydrogen-bond acceptors (Lipinski definition) is 2. The first-order valence-corrected chi connectivity index (χ1v) is 8.60. The third-order valence-electron chi connectivity index (χ3n) is 4.47. The Kier molecular flexibility index (Phi) is 7.56. The van der Waals surface area contributed by atoms with Crippen LogP contribution in [0.1, 0.15) is 37.7 Å². The van der Waals surface area contributed by atoms with Gasteiger partial charge in [-0.1, -0.05) is 49.4 Å². The molecule has 0 saturated heterocycles. The van der Waals surface area contributed by atoms with Crippen LogP contribution in [-0.4, -0.2) is 26.8 Å². The second-order valence-electron chi connectivity index (χ2n) is 6.28. The lowest BCUT2D eigenvalue weighted by Gasteiger charge is -2.21. The highest BCUT2D eigenvalue weighted by Gasteiger charge is 2.20. The highest BCUT2D eigenvalue weighted by molar-refractivity contribution is 6.30. The molecule has 3 heteroatoms. The van der Waals surface area contributed by atoms with Crippen molar-refractivity contribution in [1.29, 1.82) is 0 Å². The number of nitrogens with one attached hydrogen (secondary N) is 1. The molecule has 2 nitrogen and oxygen atoms in total. The molecule has 0 aromatic heterocycles. The zero-order chi connectivity index (χ0) is 14.9. The number of hydrogen-bond donors (Lipinski definition) is 1. The van der Waals surface area contributed by atoms with Gasteiger partial charge >= 0.3 is 0 Å². The van der Waals surface area contributed by atoms with Gasteiger partial charge in [0.2, 0.25) is 0 Å². The molecular formula is C18H28ClNO. The Morgan fingerprint density at radius 1 is 1.33 bits per heavy atom. The Morgan fingerprint density at radius 2 is 2.14 bits per heavy atom. The lowest BCUT2D eigenvalue weighted by Crippen LogP contribution is -2.28. The average molecular weight is 310 g/mol. The van der Waals surface area contributed by atoms with E-state index < -0.39 is 0 Å². The van der Waals surface area contributed by atoms with Gasteiger partial charge in [0.1, 0.15) is 0 Å². The van der Waals surface area contributed by atoms with Crippen LogP contribution in [0.5, 0.6) is 0 Å². The minimum absolute atomic E-state index is 0.698. The van der Waals surface area contributed by atoms with E-state index in [1.165, 1.54) is 37.7 Å². The fraction of sp³-hybridized carbons (Fsp3) is 0.667. The van der Waals surface area contributed by atoms with Crippen LogP contribution >= 0.6 is 11.6 Å². The molecular weight excluding hydrogens is 282 g/mol. The van der Waals surface area contributed by atoms with Gasteiger partial charge in [-0.25, -0.2) is 0 Å². The smallest absolute Gasteiger partial charge is 0.0587 e. The van der Waals surface area contributed by atoms with Crippen molar-refractivity contribution in [2.45, 2.75) is 38.5 Å². The van der Waals surface area contributed by atoms with Crippen molar-refractivity contribution in [3.8, 4) is 0 Å². The van der Waals surface area contributed by atoms with Crippen LogP contribution in [0.15, 0.2) is 24.3 Å². The fourth-order valence-corrected chi connectivity index (χ4v) is 3.65. The molecule has 1 saturated carbocycles. The molecule has 2 rings (SSSR count). The number of methoxy groups -OCH3 is 1. The summed E-state index contributed by atoms with van der Waals surface area (Å²) in [7, 11) is 1.75. The Morgan fingerprint density at radius 3 is 2.86 bits per heavy atom. The predicted molar refractivity (Wildman–Crippen MR) is 90.0 cm³/mol. The molecule has 0 aliphatic heterocycles. The van der Waals surface area contributed by atoms with E-state index in [1.54, 1.807) is 7.11 Å². The highest BCUT2D eigenvalue weighted by Crippen LogP contribution is 2.31. The number of benzene rings is 1. The minimum Gasteiger partial charge on any atom is -0.383 e. The van der Waals surface area contributed by atoms with Crippen molar-refractivity contribution in [3.05, 3.63) is 34.9 Å². The van der Waals surface area contributed by atoms with Gasteiger partial charge in [-0.05, 0) is 48.9 Å². The summed E-state index contributed by atoms with van der Waals surface area (Å²) in [5, 5.41) is 4.38. The van der Waals surface area contributed by atoms with Crippen molar-refractivity contribution in [2.75, 3.05) is 26.8 Å². The second-order valence-corrected chi connectivity index (χ2v) is 6.72. The number of rotatable bonds is 9. The third kappa shape index (κ3) is 6.37. The lowest BCUT2D eigenvalue weighted by molar-refractivity contribution is 0.196. The summed E-state index contributed by atoms with van der Waals surface area (Å²) in [6.07, 6.45) is 8.15. The average Bonchev–Trinajstić information content (AvgIpc) is 2.96. The molecule has 118 valence electrons. The monoisotopic (exact) mass is 309 g/mol. The fourth-order valence-electron chi connectivity index (χ4n) is 3.43. The first-order valence-electron chi connectivity index (χ1n) is 8.22. The molecule has 1 aromatic carbocycles. The molecule has 1 unspecified atom stereocenters. The van der Waals surface area contributed by atoms with Gasteiger partial charge in [0.25, 0.3) is 0 Å². The molecule has 0 amide bonds. The van der Waals surface area contributed by atoms with Gasteiger partial charge in [-0.15, -0.1) is 0 Å². The number of halogens is 1. The standard InChI is InChI=1S/C18H28ClNO/c1-21-10-9-20-14-17(11-15-5-2-3-6-15)12-16-7-4-8-18(19)13-16/h4,7-8,13,15,17,20H,2-3,5-6,9-12,14H2,1H3. The van der Waals surface area contributed by atoms with Gasteiger partial charge in [-0.3, -0.25) is 0 Å². The molecule has 0 spiro atoms. The van der Waals surface area contributed by atoms with Crippen LogP contribution in [0.25, 0.3) is 0 Å². The highest BCUT2D eigenvalue weighted by atomic mass is 35.5. The molecule has 1 aliphatic carbocycles. The van der Waals surface area contributed by atoms with Gasteiger partial charge in [0, 0.05) is 18.7 Å². The third-order valence-corrected chi connectivity index (χ3v) is 4.71. The molecule has 1 atom stereocenters. The van der Waals surface area contributed by atoms with Gasteiger partial charge in [-0.2, -0.15) is 0 Å². The van der Waals surface area contributed by atoms with E-state index in [1.807, 2.05) is 6.07 Å². The summed E-state index contributed by atoms with van der Waals surface area (Å²) in [6.45, 7) is 2.80. The van der Waals surface area contributed by atoms with Crippen LogP contribution in [0.2, 0.25) is 5.02 Å². The van der Waals surface area contributed by atoms with Crippen molar-refractivity contribution in [2.24, 2.45) is 11.8 Å². The normalized spacial score (nSPS) is 17.2. The molecule has 0 radical (unpaired) electrons. The predicted octanol–water partition coefficient (Wildman–Crippen LogP) is 4.32. The van der Waals surface area contributed by atoms with E-state index in [9.17, 15) is 0 Å². The summed E-state index contributed by atoms with van der Waals surface area (Å²) >= 11 is 6.11. The van der Waals surface area contributed by atoms with Gasteiger partial charge < -0.3 is 10.1 Å². The largest absolute Gasteiger partial charge is 0.383 e. The molecule has 21 heavy (non-hydrogen) atoms. The van der Waals surface area contributed by atoms with Crippen LogP contribution in [-0.2, 0) is 11.2 Å². The van der Waals surface area contributed by atoms with Crippen LogP contribution in [0.4, 0.5) is 0 Å². The number of ether oxygens (including phenoxy) is 1. The first kappa shape index (κ1) is 16.8. The Hall–Kier alpha value is -0.570. The Balaban J connectivity index is 1.86. The maximum absolute atomic E-state index is 6.11. The van der Waals surface area contributed by atoms with Crippen molar-refractivity contribution >= 4 is 11.6 Å². The summed E-state index contributed by atoms with van der Waals surface area (Å²) in [6, 6.07) is 8.32. The topological polar surface area (TPSA) is 21.3 Å². The van der Waals surface area contributed by atoms with E-state index in [0.29, 0.717) is 5.92 Å². The van der Waals surface area contributed by atoms with Crippen LogP contribution in [0.3, 0.4) is 0 Å². The van der Waals surface area contributed by atoms with Crippen molar-refractivity contribution in [1.82, 2.24) is 5.32 Å². The molecule has 0 heterocycles. The van der Waals surface area contributed by atoms with E-state index in [0.717, 1.165) is 37.1 Å². The summed E-state index contributed by atoms with van der Waals surface area (Å²) in [5.41, 5.74) is 1.36. The van der Waals surface area contributed by atoms with Gasteiger partial charge in [0.05, 0.1) is 6.61 Å². The zero-order valence-corrected chi connectivity index (χ0v) is 13.9.